The van der Waals surface area contributed by atoms with Gasteiger partial charge < -0.3 is 5.11 Å². The molecule has 0 bridgehead atoms. The van der Waals surface area contributed by atoms with Gasteiger partial charge in [-0.2, -0.15) is 0 Å². The first-order chi connectivity index (χ1) is 8.03. The first kappa shape index (κ1) is 12.7. The van der Waals surface area contributed by atoms with Crippen molar-refractivity contribution in [3.8, 4) is 0 Å². The molecule has 1 fully saturated rings. The molecule has 0 saturated heterocycles. The second kappa shape index (κ2) is 4.87. The van der Waals surface area contributed by atoms with E-state index in [1.54, 1.807) is 18.2 Å². The van der Waals surface area contributed by atoms with Crippen LogP contribution in [-0.4, -0.2) is 11.1 Å². The molecule has 2 nitrogen and oxygen atoms in total. The van der Waals surface area contributed by atoms with Crippen molar-refractivity contribution in [3.05, 3.63) is 33.8 Å². The third-order valence-corrected chi connectivity index (χ3v) is 4.15. The van der Waals surface area contributed by atoms with E-state index in [-0.39, 0.29) is 0 Å². The van der Waals surface area contributed by atoms with Crippen LogP contribution in [-0.2, 0) is 11.2 Å². The largest absolute Gasteiger partial charge is 0.481 e. The van der Waals surface area contributed by atoms with Crippen molar-refractivity contribution in [2.45, 2.75) is 32.1 Å². The lowest BCUT2D eigenvalue weighted by Gasteiger charge is -2.24. The van der Waals surface area contributed by atoms with Gasteiger partial charge in [-0.25, -0.2) is 0 Å². The summed E-state index contributed by atoms with van der Waals surface area (Å²) in [5, 5.41) is 10.6. The molecule has 0 aromatic heterocycles. The molecular formula is C13H14Cl2O2. The van der Waals surface area contributed by atoms with E-state index in [0.717, 1.165) is 31.2 Å². The van der Waals surface area contributed by atoms with Crippen LogP contribution in [0.15, 0.2) is 18.2 Å². The van der Waals surface area contributed by atoms with Crippen LogP contribution in [0.3, 0.4) is 0 Å². The van der Waals surface area contributed by atoms with E-state index in [0.29, 0.717) is 16.5 Å². The summed E-state index contributed by atoms with van der Waals surface area (Å²) in [5.74, 6) is -0.717. The number of rotatable bonds is 3. The summed E-state index contributed by atoms with van der Waals surface area (Å²) >= 11 is 12.0. The molecule has 1 aliphatic rings. The van der Waals surface area contributed by atoms with Crippen molar-refractivity contribution < 1.29 is 9.90 Å². The van der Waals surface area contributed by atoms with Crippen LogP contribution in [0.4, 0.5) is 0 Å². The average Bonchev–Trinajstić information content (AvgIpc) is 2.73. The molecule has 0 amide bonds. The molecule has 0 atom stereocenters. The number of carboxylic acid groups (broad SMARTS) is 1. The van der Waals surface area contributed by atoms with Crippen LogP contribution < -0.4 is 0 Å². The number of carbonyl (C=O) groups is 1. The average molecular weight is 273 g/mol. The predicted octanol–water partition coefficient (Wildman–Crippen LogP) is 4.18. The van der Waals surface area contributed by atoms with E-state index >= 15 is 0 Å². The van der Waals surface area contributed by atoms with Crippen molar-refractivity contribution in [3.63, 3.8) is 0 Å². The van der Waals surface area contributed by atoms with Gasteiger partial charge in [0.2, 0.25) is 0 Å². The topological polar surface area (TPSA) is 37.3 Å². The van der Waals surface area contributed by atoms with Crippen molar-refractivity contribution >= 4 is 29.2 Å². The van der Waals surface area contributed by atoms with Crippen LogP contribution in [0.2, 0.25) is 10.0 Å². The minimum absolute atomic E-state index is 0.474. The summed E-state index contributed by atoms with van der Waals surface area (Å²) in [4.78, 5) is 11.4. The lowest BCUT2D eigenvalue weighted by atomic mass is 9.80. The predicted molar refractivity (Wildman–Crippen MR) is 68.7 cm³/mol. The number of benzene rings is 1. The van der Waals surface area contributed by atoms with Crippen molar-refractivity contribution in [1.29, 1.82) is 0 Å². The van der Waals surface area contributed by atoms with Crippen LogP contribution in [0.1, 0.15) is 31.2 Å². The number of hydrogen-bond donors (Lipinski definition) is 1. The lowest BCUT2D eigenvalue weighted by Crippen LogP contribution is -2.30. The maximum atomic E-state index is 11.4. The van der Waals surface area contributed by atoms with E-state index in [4.69, 9.17) is 23.2 Å². The lowest BCUT2D eigenvalue weighted by molar-refractivity contribution is -0.148. The van der Waals surface area contributed by atoms with E-state index in [1.165, 1.54) is 0 Å². The maximum Gasteiger partial charge on any atom is 0.309 e. The van der Waals surface area contributed by atoms with Crippen LogP contribution in [0.5, 0.6) is 0 Å². The summed E-state index contributed by atoms with van der Waals surface area (Å²) < 4.78 is 0. The Labute approximate surface area is 111 Å². The number of halogens is 2. The summed E-state index contributed by atoms with van der Waals surface area (Å²) in [6.07, 6.45) is 3.88. The Kier molecular flexibility index (Phi) is 3.64. The Bertz CT molecular complexity index is 437. The third kappa shape index (κ3) is 2.58. The molecule has 2 rings (SSSR count). The highest BCUT2D eigenvalue weighted by Gasteiger charge is 2.41. The summed E-state index contributed by atoms with van der Waals surface area (Å²) in [6, 6.07) is 5.21. The molecule has 17 heavy (non-hydrogen) atoms. The molecular weight excluding hydrogens is 259 g/mol. The quantitative estimate of drug-likeness (QED) is 0.896. The molecule has 0 spiro atoms. The van der Waals surface area contributed by atoms with Gasteiger partial charge in [-0.3, -0.25) is 4.79 Å². The van der Waals surface area contributed by atoms with Crippen LogP contribution in [0, 0.1) is 5.41 Å². The zero-order valence-corrected chi connectivity index (χ0v) is 10.9. The second-order valence-corrected chi connectivity index (χ2v) is 5.55. The number of carboxylic acids is 1. The Morgan fingerprint density at radius 3 is 2.53 bits per heavy atom. The van der Waals surface area contributed by atoms with Gasteiger partial charge in [0.15, 0.2) is 0 Å². The Morgan fingerprint density at radius 2 is 1.94 bits per heavy atom. The molecule has 92 valence electrons. The highest BCUT2D eigenvalue weighted by Crippen LogP contribution is 2.42. The van der Waals surface area contributed by atoms with Gasteiger partial charge in [-0.05, 0) is 43.0 Å². The van der Waals surface area contributed by atoms with Gasteiger partial charge in [0.05, 0.1) is 5.41 Å². The first-order valence-corrected chi connectivity index (χ1v) is 6.46. The Balaban J connectivity index is 2.29. The fraction of sp³-hybridized carbons (Fsp3) is 0.462. The molecule has 1 aromatic carbocycles. The van der Waals surface area contributed by atoms with Crippen molar-refractivity contribution in [2.24, 2.45) is 5.41 Å². The fourth-order valence-electron chi connectivity index (χ4n) is 2.56. The normalized spacial score (nSPS) is 18.2. The molecule has 4 heteroatoms. The van der Waals surface area contributed by atoms with E-state index in [1.807, 2.05) is 0 Å². The Hall–Kier alpha value is -0.730. The highest BCUT2D eigenvalue weighted by molar-refractivity contribution is 6.33. The smallest absolute Gasteiger partial charge is 0.309 e. The van der Waals surface area contributed by atoms with E-state index in [2.05, 4.69) is 0 Å². The first-order valence-electron chi connectivity index (χ1n) is 5.71. The molecule has 0 aliphatic heterocycles. The molecule has 1 N–H and O–H groups in total. The van der Waals surface area contributed by atoms with Crippen LogP contribution >= 0.6 is 23.2 Å². The second-order valence-electron chi connectivity index (χ2n) is 4.71. The number of aliphatic carboxylic acids is 1. The van der Waals surface area contributed by atoms with Gasteiger partial charge in [-0.15, -0.1) is 0 Å². The fourth-order valence-corrected chi connectivity index (χ4v) is 2.94. The monoisotopic (exact) mass is 272 g/mol. The van der Waals surface area contributed by atoms with Gasteiger partial charge in [0.25, 0.3) is 0 Å². The SMILES string of the molecule is O=C(O)C1(Cc2cc(Cl)ccc2Cl)CCCC1. The molecule has 1 aromatic rings. The van der Waals surface area contributed by atoms with Crippen LogP contribution in [0.25, 0.3) is 0 Å². The zero-order valence-electron chi connectivity index (χ0n) is 9.38. The molecule has 0 radical (unpaired) electrons. The van der Waals surface area contributed by atoms with Gasteiger partial charge in [-0.1, -0.05) is 36.0 Å². The van der Waals surface area contributed by atoms with E-state index in [9.17, 15) is 9.90 Å². The van der Waals surface area contributed by atoms with Gasteiger partial charge in [0, 0.05) is 10.0 Å². The minimum Gasteiger partial charge on any atom is -0.481 e. The van der Waals surface area contributed by atoms with Crippen molar-refractivity contribution in [2.75, 3.05) is 0 Å². The van der Waals surface area contributed by atoms with Gasteiger partial charge >= 0.3 is 5.97 Å². The molecule has 1 aliphatic carbocycles. The maximum absolute atomic E-state index is 11.4. The molecule has 0 unspecified atom stereocenters. The standard InChI is InChI=1S/C13H14Cl2O2/c14-10-3-4-11(15)9(7-10)8-13(12(16)17)5-1-2-6-13/h3-4,7H,1-2,5-6,8H2,(H,16,17). The van der Waals surface area contributed by atoms with E-state index < -0.39 is 11.4 Å². The summed E-state index contributed by atoms with van der Waals surface area (Å²) in [5.41, 5.74) is 0.192. The highest BCUT2D eigenvalue weighted by atomic mass is 35.5. The summed E-state index contributed by atoms with van der Waals surface area (Å²) in [6.45, 7) is 0. The summed E-state index contributed by atoms with van der Waals surface area (Å²) in [7, 11) is 0. The van der Waals surface area contributed by atoms with Gasteiger partial charge in [0.1, 0.15) is 0 Å². The Morgan fingerprint density at radius 1 is 1.29 bits per heavy atom. The molecule has 0 heterocycles. The number of hydrogen-bond acceptors (Lipinski definition) is 1. The van der Waals surface area contributed by atoms with Crippen molar-refractivity contribution in [1.82, 2.24) is 0 Å². The zero-order chi connectivity index (χ0) is 12.5. The third-order valence-electron chi connectivity index (χ3n) is 3.55. The minimum atomic E-state index is -0.717. The molecule has 1 saturated carbocycles.